The molecule has 166 valence electrons. The highest BCUT2D eigenvalue weighted by Gasteiger charge is 2.22. The Labute approximate surface area is 183 Å². The maximum Gasteiger partial charge on any atom is 0.258 e. The Kier molecular flexibility index (Phi) is 7.29. The summed E-state index contributed by atoms with van der Waals surface area (Å²) in [5.74, 6) is 0. The monoisotopic (exact) mass is 443 g/mol. The predicted octanol–water partition coefficient (Wildman–Crippen LogP) is 3.16. The van der Waals surface area contributed by atoms with Crippen molar-refractivity contribution in [1.29, 1.82) is 0 Å². The molecule has 0 amide bonds. The first kappa shape index (κ1) is 22.8. The maximum atomic E-state index is 13.0. The second kappa shape index (κ2) is 9.93. The summed E-state index contributed by atoms with van der Waals surface area (Å²) in [5, 5.41) is 6.58. The van der Waals surface area contributed by atoms with Gasteiger partial charge in [0.15, 0.2) is 0 Å². The third-order valence-corrected chi connectivity index (χ3v) is 7.03. The van der Waals surface area contributed by atoms with Gasteiger partial charge in [0, 0.05) is 31.9 Å². The number of benzene rings is 1. The van der Waals surface area contributed by atoms with E-state index >= 15 is 0 Å². The molecule has 0 aliphatic rings. The Bertz CT molecular complexity index is 1200. The normalized spacial score (nSPS) is 11.7. The van der Waals surface area contributed by atoms with E-state index in [4.69, 9.17) is 0 Å². The molecule has 0 fully saturated rings. The fourth-order valence-corrected chi connectivity index (χ4v) is 4.82. The summed E-state index contributed by atoms with van der Waals surface area (Å²) < 4.78 is 28.8. The van der Waals surface area contributed by atoms with Gasteiger partial charge in [-0.1, -0.05) is 26.8 Å². The van der Waals surface area contributed by atoms with Crippen LogP contribution in [0, 0.1) is 0 Å². The predicted molar refractivity (Wildman–Crippen MR) is 124 cm³/mol. The molecule has 2 N–H and O–H groups in total. The lowest BCUT2D eigenvalue weighted by atomic mass is 10.2. The van der Waals surface area contributed by atoms with Crippen LogP contribution in [0.3, 0.4) is 0 Å². The highest BCUT2D eigenvalue weighted by Crippen LogP contribution is 2.28. The average molecular weight is 444 g/mol. The van der Waals surface area contributed by atoms with E-state index in [1.54, 1.807) is 36.5 Å². The van der Waals surface area contributed by atoms with Crippen molar-refractivity contribution < 1.29 is 8.42 Å². The molecular weight excluding hydrogens is 414 g/mol. The molecule has 1 aromatic carbocycles. The van der Waals surface area contributed by atoms with E-state index in [0.717, 1.165) is 18.7 Å². The number of nitrogens with zero attached hydrogens (tertiary/aromatic N) is 3. The van der Waals surface area contributed by atoms with Crippen molar-refractivity contribution in [2.75, 3.05) is 30.3 Å². The van der Waals surface area contributed by atoms with E-state index in [9.17, 15) is 13.2 Å². The standard InChI is InChI=1S/C22H29N5O3S/c1-4-12-23-19-11-10-18(31(29,30)26(5-2)6-3)15-20(19)24-16-17-14-22(28)27-13-8-7-9-21(27)25-17/h7-11,13-15,23-24H,4-6,12,16H2,1-3H3. The molecule has 0 saturated heterocycles. The van der Waals surface area contributed by atoms with Crippen LogP contribution < -0.4 is 16.2 Å². The van der Waals surface area contributed by atoms with Gasteiger partial charge < -0.3 is 10.6 Å². The molecule has 31 heavy (non-hydrogen) atoms. The lowest BCUT2D eigenvalue weighted by molar-refractivity contribution is 0.445. The van der Waals surface area contributed by atoms with Crippen molar-refractivity contribution in [1.82, 2.24) is 13.7 Å². The molecule has 2 aromatic heterocycles. The van der Waals surface area contributed by atoms with Gasteiger partial charge in [0.2, 0.25) is 10.0 Å². The first-order valence-corrected chi connectivity index (χ1v) is 11.9. The highest BCUT2D eigenvalue weighted by atomic mass is 32.2. The van der Waals surface area contributed by atoms with Crippen LogP contribution in [0.25, 0.3) is 5.65 Å². The molecule has 0 aliphatic heterocycles. The molecular formula is C22H29N5O3S. The number of rotatable bonds is 10. The quantitative estimate of drug-likeness (QED) is 0.500. The van der Waals surface area contributed by atoms with E-state index in [1.807, 2.05) is 19.9 Å². The molecule has 3 rings (SSSR count). The molecule has 0 aliphatic carbocycles. The van der Waals surface area contributed by atoms with Crippen LogP contribution in [0.1, 0.15) is 32.9 Å². The maximum absolute atomic E-state index is 13.0. The number of sulfonamides is 1. The summed E-state index contributed by atoms with van der Waals surface area (Å²) in [6.45, 7) is 7.56. The van der Waals surface area contributed by atoms with Gasteiger partial charge in [-0.25, -0.2) is 13.4 Å². The molecule has 8 nitrogen and oxygen atoms in total. The van der Waals surface area contributed by atoms with Crippen molar-refractivity contribution in [2.45, 2.75) is 38.6 Å². The number of anilines is 2. The molecule has 0 spiro atoms. The lowest BCUT2D eigenvalue weighted by Gasteiger charge is -2.20. The van der Waals surface area contributed by atoms with Crippen molar-refractivity contribution in [3.63, 3.8) is 0 Å². The summed E-state index contributed by atoms with van der Waals surface area (Å²) in [5.41, 5.74) is 2.43. The number of aromatic nitrogens is 2. The molecule has 0 saturated carbocycles. The topological polar surface area (TPSA) is 95.8 Å². The van der Waals surface area contributed by atoms with Crippen LogP contribution in [0.15, 0.2) is 58.4 Å². The Balaban J connectivity index is 1.93. The van der Waals surface area contributed by atoms with Crippen LogP contribution in [0.5, 0.6) is 0 Å². The second-order valence-electron chi connectivity index (χ2n) is 7.09. The largest absolute Gasteiger partial charge is 0.383 e. The molecule has 0 radical (unpaired) electrons. The van der Waals surface area contributed by atoms with Crippen molar-refractivity contribution in [3.8, 4) is 0 Å². The van der Waals surface area contributed by atoms with Crippen molar-refractivity contribution in [2.24, 2.45) is 0 Å². The Morgan fingerprint density at radius 1 is 1.00 bits per heavy atom. The van der Waals surface area contributed by atoms with Crippen molar-refractivity contribution >= 4 is 27.0 Å². The Morgan fingerprint density at radius 3 is 2.48 bits per heavy atom. The number of hydrogen-bond donors (Lipinski definition) is 2. The summed E-state index contributed by atoms with van der Waals surface area (Å²) in [4.78, 5) is 17.1. The van der Waals surface area contributed by atoms with Gasteiger partial charge in [0.05, 0.1) is 28.5 Å². The number of hydrogen-bond acceptors (Lipinski definition) is 6. The van der Waals surface area contributed by atoms with Gasteiger partial charge >= 0.3 is 0 Å². The Morgan fingerprint density at radius 2 is 1.77 bits per heavy atom. The van der Waals surface area contributed by atoms with Gasteiger partial charge in [-0.05, 0) is 36.8 Å². The van der Waals surface area contributed by atoms with E-state index in [-0.39, 0.29) is 17.0 Å². The summed E-state index contributed by atoms with van der Waals surface area (Å²) in [6.07, 6.45) is 2.61. The molecule has 3 aromatic rings. The average Bonchev–Trinajstić information content (AvgIpc) is 2.77. The number of fused-ring (bicyclic) bond motifs is 1. The SMILES string of the molecule is CCCNc1ccc(S(=O)(=O)N(CC)CC)cc1NCc1cc(=O)n2ccccc2n1. The molecule has 0 unspecified atom stereocenters. The first-order chi connectivity index (χ1) is 14.9. The van der Waals surface area contributed by atoms with Crippen LogP contribution in [0.2, 0.25) is 0 Å². The summed E-state index contributed by atoms with van der Waals surface area (Å²) in [6, 6.07) is 11.9. The summed E-state index contributed by atoms with van der Waals surface area (Å²) in [7, 11) is -3.58. The first-order valence-electron chi connectivity index (χ1n) is 10.5. The molecule has 9 heteroatoms. The van der Waals surface area contributed by atoms with Crippen LogP contribution >= 0.6 is 0 Å². The highest BCUT2D eigenvalue weighted by molar-refractivity contribution is 7.89. The second-order valence-corrected chi connectivity index (χ2v) is 9.03. The fourth-order valence-electron chi connectivity index (χ4n) is 3.34. The zero-order valence-corrected chi connectivity index (χ0v) is 18.9. The minimum Gasteiger partial charge on any atom is -0.383 e. The lowest BCUT2D eigenvalue weighted by Crippen LogP contribution is -2.30. The minimum absolute atomic E-state index is 0.162. The van der Waals surface area contributed by atoms with Crippen molar-refractivity contribution in [3.05, 3.63) is 64.7 Å². The molecule has 0 bridgehead atoms. The zero-order valence-electron chi connectivity index (χ0n) is 18.1. The minimum atomic E-state index is -3.58. The van der Waals surface area contributed by atoms with Gasteiger partial charge in [-0.15, -0.1) is 0 Å². The van der Waals surface area contributed by atoms with Crippen LogP contribution in [-0.2, 0) is 16.6 Å². The summed E-state index contributed by atoms with van der Waals surface area (Å²) >= 11 is 0. The third-order valence-electron chi connectivity index (χ3n) is 4.98. The third kappa shape index (κ3) is 5.05. The molecule has 2 heterocycles. The number of pyridine rings is 1. The molecule has 0 atom stereocenters. The zero-order chi connectivity index (χ0) is 22.4. The van der Waals surface area contributed by atoms with Gasteiger partial charge in [-0.2, -0.15) is 4.31 Å². The van der Waals surface area contributed by atoms with Gasteiger partial charge in [0.1, 0.15) is 5.65 Å². The van der Waals surface area contributed by atoms with E-state index in [1.165, 1.54) is 14.8 Å². The van der Waals surface area contributed by atoms with E-state index in [2.05, 4.69) is 22.5 Å². The van der Waals surface area contributed by atoms with Gasteiger partial charge in [0.25, 0.3) is 5.56 Å². The van der Waals surface area contributed by atoms with Gasteiger partial charge in [-0.3, -0.25) is 9.20 Å². The van der Waals surface area contributed by atoms with Crippen LogP contribution in [-0.4, -0.2) is 41.7 Å². The smallest absolute Gasteiger partial charge is 0.258 e. The number of nitrogens with one attached hydrogen (secondary N) is 2. The van der Waals surface area contributed by atoms with Crippen LogP contribution in [0.4, 0.5) is 11.4 Å². The van der Waals surface area contributed by atoms with E-state index in [0.29, 0.717) is 30.1 Å². The Hall–Kier alpha value is -2.91. The van der Waals surface area contributed by atoms with E-state index < -0.39 is 10.0 Å². The fraction of sp³-hybridized carbons (Fsp3) is 0.364.